The van der Waals surface area contributed by atoms with Crippen LogP contribution in [0.2, 0.25) is 0 Å². The summed E-state index contributed by atoms with van der Waals surface area (Å²) in [5.41, 5.74) is 0.480. The molecule has 1 fully saturated rings. The minimum atomic E-state index is -0.393. The maximum Gasteiger partial charge on any atom is 0.321 e. The van der Waals surface area contributed by atoms with Crippen molar-refractivity contribution in [1.82, 2.24) is 4.90 Å². The Bertz CT molecular complexity index is 475. The van der Waals surface area contributed by atoms with Gasteiger partial charge in [0, 0.05) is 32.2 Å². The van der Waals surface area contributed by atoms with E-state index in [0.29, 0.717) is 43.7 Å². The normalized spacial score (nSPS) is 14.8. The van der Waals surface area contributed by atoms with E-state index in [4.69, 9.17) is 9.47 Å². The predicted molar refractivity (Wildman–Crippen MR) is 73.5 cm³/mol. The number of carbonyl (C=O) groups is 1. The zero-order valence-corrected chi connectivity index (χ0v) is 11.7. The van der Waals surface area contributed by atoms with Crippen LogP contribution in [0.15, 0.2) is 18.2 Å². The van der Waals surface area contributed by atoms with Crippen molar-refractivity contribution in [3.63, 3.8) is 0 Å². The molecule has 0 aliphatic carbocycles. The highest BCUT2D eigenvalue weighted by molar-refractivity contribution is 5.91. The number of rotatable bonds is 5. The van der Waals surface area contributed by atoms with Gasteiger partial charge in [0.05, 0.1) is 18.9 Å². The highest BCUT2D eigenvalue weighted by Crippen LogP contribution is 2.26. The molecule has 0 saturated carbocycles. The number of methoxy groups -OCH3 is 1. The highest BCUT2D eigenvalue weighted by atomic mass is 19.1. The molecule has 1 N–H and O–H groups in total. The standard InChI is InChI=1S/C14H19FN2O3/c1-3-20-13-6-11(15)4-5-12(13)16-14(18)17-7-10(8-17)9-19-2/h4-6,10H,3,7-9H2,1-2H3,(H,16,18). The van der Waals surface area contributed by atoms with Crippen LogP contribution in [-0.2, 0) is 4.74 Å². The van der Waals surface area contributed by atoms with Crippen molar-refractivity contribution < 1.29 is 18.7 Å². The van der Waals surface area contributed by atoms with Crippen molar-refractivity contribution in [2.45, 2.75) is 6.92 Å². The van der Waals surface area contributed by atoms with Crippen LogP contribution in [0.4, 0.5) is 14.9 Å². The molecule has 1 heterocycles. The first-order chi connectivity index (χ1) is 9.63. The lowest BCUT2D eigenvalue weighted by Gasteiger charge is -2.38. The third-order valence-electron chi connectivity index (χ3n) is 3.13. The number of benzene rings is 1. The second-order valence-corrected chi connectivity index (χ2v) is 4.73. The quantitative estimate of drug-likeness (QED) is 0.901. The summed E-state index contributed by atoms with van der Waals surface area (Å²) in [4.78, 5) is 13.7. The molecule has 2 rings (SSSR count). The molecule has 5 nitrogen and oxygen atoms in total. The molecule has 0 spiro atoms. The van der Waals surface area contributed by atoms with Gasteiger partial charge in [-0.2, -0.15) is 0 Å². The molecule has 1 saturated heterocycles. The summed E-state index contributed by atoms with van der Waals surface area (Å²) in [5.74, 6) is 0.343. The van der Waals surface area contributed by atoms with Crippen molar-refractivity contribution in [2.75, 3.05) is 38.7 Å². The molecule has 1 aliphatic heterocycles. The fraction of sp³-hybridized carbons (Fsp3) is 0.500. The molecule has 1 aromatic rings. The Morgan fingerprint density at radius 3 is 2.90 bits per heavy atom. The minimum absolute atomic E-state index is 0.204. The van der Waals surface area contributed by atoms with Crippen LogP contribution in [0.3, 0.4) is 0 Å². The van der Waals surface area contributed by atoms with Gasteiger partial charge in [0.15, 0.2) is 0 Å². The van der Waals surface area contributed by atoms with Gasteiger partial charge < -0.3 is 19.7 Å². The van der Waals surface area contributed by atoms with E-state index in [9.17, 15) is 9.18 Å². The lowest BCUT2D eigenvalue weighted by atomic mass is 10.0. The number of hydrogen-bond donors (Lipinski definition) is 1. The summed E-state index contributed by atoms with van der Waals surface area (Å²) < 4.78 is 23.5. The van der Waals surface area contributed by atoms with Gasteiger partial charge in [0.1, 0.15) is 11.6 Å². The number of halogens is 1. The number of carbonyl (C=O) groups excluding carboxylic acids is 1. The summed E-state index contributed by atoms with van der Waals surface area (Å²) in [7, 11) is 1.65. The minimum Gasteiger partial charge on any atom is -0.492 e. The fourth-order valence-electron chi connectivity index (χ4n) is 2.15. The lowest BCUT2D eigenvalue weighted by molar-refractivity contribution is 0.0599. The van der Waals surface area contributed by atoms with Crippen LogP contribution >= 0.6 is 0 Å². The summed E-state index contributed by atoms with van der Waals surface area (Å²) >= 11 is 0. The van der Waals surface area contributed by atoms with E-state index >= 15 is 0 Å². The van der Waals surface area contributed by atoms with Gasteiger partial charge in [0.2, 0.25) is 0 Å². The van der Waals surface area contributed by atoms with Crippen molar-refractivity contribution >= 4 is 11.7 Å². The molecule has 20 heavy (non-hydrogen) atoms. The zero-order chi connectivity index (χ0) is 14.5. The van der Waals surface area contributed by atoms with Gasteiger partial charge >= 0.3 is 6.03 Å². The van der Waals surface area contributed by atoms with Crippen LogP contribution in [0, 0.1) is 11.7 Å². The van der Waals surface area contributed by atoms with E-state index in [1.54, 1.807) is 18.9 Å². The number of anilines is 1. The number of urea groups is 1. The van der Waals surface area contributed by atoms with Gasteiger partial charge in [-0.3, -0.25) is 0 Å². The number of nitrogens with one attached hydrogen (secondary N) is 1. The maximum atomic E-state index is 13.2. The van der Waals surface area contributed by atoms with Crippen molar-refractivity contribution in [3.8, 4) is 5.75 Å². The Labute approximate surface area is 117 Å². The SMILES string of the molecule is CCOc1cc(F)ccc1NC(=O)N1CC(COC)C1. The molecular formula is C14H19FN2O3. The molecule has 0 radical (unpaired) electrons. The number of hydrogen-bond acceptors (Lipinski definition) is 3. The van der Waals surface area contributed by atoms with Gasteiger partial charge in [-0.1, -0.05) is 0 Å². The molecule has 0 unspecified atom stereocenters. The van der Waals surface area contributed by atoms with Crippen molar-refractivity contribution in [3.05, 3.63) is 24.0 Å². The molecule has 6 heteroatoms. The first kappa shape index (κ1) is 14.6. The second-order valence-electron chi connectivity index (χ2n) is 4.73. The molecule has 0 bridgehead atoms. The van der Waals surface area contributed by atoms with E-state index < -0.39 is 5.82 Å². The summed E-state index contributed by atoms with van der Waals surface area (Å²) in [5, 5.41) is 2.74. The van der Waals surface area contributed by atoms with Crippen LogP contribution in [0.5, 0.6) is 5.75 Å². The fourth-order valence-corrected chi connectivity index (χ4v) is 2.15. The third-order valence-corrected chi connectivity index (χ3v) is 3.13. The lowest BCUT2D eigenvalue weighted by Crippen LogP contribution is -2.53. The molecule has 110 valence electrons. The Balaban J connectivity index is 1.95. The van der Waals surface area contributed by atoms with Crippen LogP contribution < -0.4 is 10.1 Å². The Kier molecular flexibility index (Phi) is 4.79. The van der Waals surface area contributed by atoms with E-state index in [-0.39, 0.29) is 6.03 Å². The Morgan fingerprint density at radius 2 is 2.25 bits per heavy atom. The van der Waals surface area contributed by atoms with Gasteiger partial charge in [-0.05, 0) is 19.1 Å². The molecule has 1 aromatic carbocycles. The Morgan fingerprint density at radius 1 is 1.50 bits per heavy atom. The topological polar surface area (TPSA) is 50.8 Å². The number of likely N-dealkylation sites (tertiary alicyclic amines) is 1. The van der Waals surface area contributed by atoms with Crippen molar-refractivity contribution in [1.29, 1.82) is 0 Å². The third kappa shape index (κ3) is 3.39. The summed E-state index contributed by atoms with van der Waals surface area (Å²) in [6, 6.07) is 3.86. The predicted octanol–water partition coefficient (Wildman–Crippen LogP) is 2.33. The maximum absolute atomic E-state index is 13.2. The Hall–Kier alpha value is -1.82. The largest absolute Gasteiger partial charge is 0.492 e. The molecule has 0 atom stereocenters. The summed E-state index contributed by atoms with van der Waals surface area (Å²) in [6.45, 7) is 4.22. The number of nitrogens with zero attached hydrogens (tertiary/aromatic N) is 1. The average Bonchev–Trinajstić information content (AvgIpc) is 2.36. The van der Waals surface area contributed by atoms with Gasteiger partial charge in [-0.25, -0.2) is 9.18 Å². The molecule has 1 aliphatic rings. The monoisotopic (exact) mass is 282 g/mol. The van der Waals surface area contributed by atoms with Crippen LogP contribution in [0.1, 0.15) is 6.92 Å². The molecule has 2 amide bonds. The average molecular weight is 282 g/mol. The first-order valence-corrected chi connectivity index (χ1v) is 6.61. The number of ether oxygens (including phenoxy) is 2. The van der Waals surface area contributed by atoms with E-state index in [0.717, 1.165) is 0 Å². The zero-order valence-electron chi connectivity index (χ0n) is 11.7. The summed E-state index contributed by atoms with van der Waals surface area (Å²) in [6.07, 6.45) is 0. The van der Waals surface area contributed by atoms with E-state index in [2.05, 4.69) is 5.32 Å². The van der Waals surface area contributed by atoms with Crippen LogP contribution in [-0.4, -0.2) is 44.3 Å². The van der Waals surface area contributed by atoms with Crippen LogP contribution in [0.25, 0.3) is 0 Å². The smallest absolute Gasteiger partial charge is 0.321 e. The van der Waals surface area contributed by atoms with E-state index in [1.807, 2.05) is 0 Å². The highest BCUT2D eigenvalue weighted by Gasteiger charge is 2.30. The second kappa shape index (κ2) is 6.56. The van der Waals surface area contributed by atoms with Crippen molar-refractivity contribution in [2.24, 2.45) is 5.92 Å². The van der Waals surface area contributed by atoms with E-state index in [1.165, 1.54) is 18.2 Å². The molecular weight excluding hydrogens is 263 g/mol. The number of amides is 2. The van der Waals surface area contributed by atoms with Gasteiger partial charge in [-0.15, -0.1) is 0 Å². The van der Waals surface area contributed by atoms with Gasteiger partial charge in [0.25, 0.3) is 0 Å². The first-order valence-electron chi connectivity index (χ1n) is 6.61. The molecule has 0 aromatic heterocycles.